The Bertz CT molecular complexity index is 463. The molecule has 14 heavy (non-hydrogen) atoms. The zero-order valence-corrected chi connectivity index (χ0v) is 8.92. The second-order valence-corrected chi connectivity index (χ2v) is 4.85. The van der Waals surface area contributed by atoms with E-state index in [1.165, 1.54) is 4.83 Å². The van der Waals surface area contributed by atoms with Crippen LogP contribution in [-0.4, -0.2) is 8.42 Å². The highest BCUT2D eigenvalue weighted by Gasteiger charge is 2.20. The summed E-state index contributed by atoms with van der Waals surface area (Å²) in [6.45, 7) is 0. The Labute approximate surface area is 89.8 Å². The largest absolute Gasteiger partial charge is 0.257 e. The van der Waals surface area contributed by atoms with Crippen LogP contribution in [0, 0.1) is 5.82 Å². The third-order valence-corrected chi connectivity index (χ3v) is 3.08. The van der Waals surface area contributed by atoms with E-state index < -0.39 is 20.7 Å². The molecule has 0 heterocycles. The molecule has 0 saturated carbocycles. The molecule has 78 valence electrons. The molecule has 4 nitrogen and oxygen atoms in total. The highest BCUT2D eigenvalue weighted by Crippen LogP contribution is 2.26. The van der Waals surface area contributed by atoms with Crippen molar-refractivity contribution in [3.05, 3.63) is 28.0 Å². The molecular formula is C6H5Cl2FN2O2S. The van der Waals surface area contributed by atoms with E-state index in [9.17, 15) is 12.8 Å². The lowest BCUT2D eigenvalue weighted by Crippen LogP contribution is -2.30. The highest BCUT2D eigenvalue weighted by atomic mass is 35.5. The minimum atomic E-state index is -4.09. The van der Waals surface area contributed by atoms with Crippen molar-refractivity contribution in [2.45, 2.75) is 4.90 Å². The van der Waals surface area contributed by atoms with Gasteiger partial charge in [0.15, 0.2) is 5.82 Å². The number of nitrogens with one attached hydrogen (secondary N) is 1. The van der Waals surface area contributed by atoms with Gasteiger partial charge < -0.3 is 0 Å². The van der Waals surface area contributed by atoms with E-state index in [0.717, 1.165) is 12.1 Å². The highest BCUT2D eigenvalue weighted by molar-refractivity contribution is 7.89. The van der Waals surface area contributed by atoms with Crippen molar-refractivity contribution in [2.75, 3.05) is 0 Å². The molecule has 1 rings (SSSR count). The molecule has 3 N–H and O–H groups in total. The van der Waals surface area contributed by atoms with Crippen LogP contribution >= 0.6 is 23.2 Å². The zero-order chi connectivity index (χ0) is 10.9. The second-order valence-electron chi connectivity index (χ2n) is 2.32. The molecular weight excluding hydrogens is 254 g/mol. The lowest BCUT2D eigenvalue weighted by Gasteiger charge is -2.05. The van der Waals surface area contributed by atoms with Gasteiger partial charge in [-0.05, 0) is 12.1 Å². The van der Waals surface area contributed by atoms with Gasteiger partial charge in [0.05, 0.1) is 5.02 Å². The number of benzene rings is 1. The van der Waals surface area contributed by atoms with E-state index in [-0.39, 0.29) is 10.0 Å². The second kappa shape index (κ2) is 4.00. The monoisotopic (exact) mass is 258 g/mol. The first-order valence-corrected chi connectivity index (χ1v) is 5.49. The Kier molecular flexibility index (Phi) is 3.33. The molecule has 0 bridgehead atoms. The standard InChI is InChI=1S/C6H5Cl2FN2O2S/c7-3-1-4(8)6(9)5(2-3)14(12,13)11-10/h1-2,11H,10H2. The average Bonchev–Trinajstić information content (AvgIpc) is 2.11. The van der Waals surface area contributed by atoms with Crippen LogP contribution in [0.2, 0.25) is 10.0 Å². The normalized spacial score (nSPS) is 11.7. The fourth-order valence-corrected chi connectivity index (χ4v) is 2.16. The molecule has 0 fully saturated rings. The van der Waals surface area contributed by atoms with Gasteiger partial charge in [0.2, 0.25) is 0 Å². The number of halogens is 3. The topological polar surface area (TPSA) is 72.2 Å². The van der Waals surface area contributed by atoms with Crippen molar-refractivity contribution in [2.24, 2.45) is 5.84 Å². The van der Waals surface area contributed by atoms with E-state index in [2.05, 4.69) is 0 Å². The first-order chi connectivity index (χ1) is 6.38. The van der Waals surface area contributed by atoms with Crippen molar-refractivity contribution in [3.63, 3.8) is 0 Å². The molecule has 0 radical (unpaired) electrons. The van der Waals surface area contributed by atoms with Gasteiger partial charge in [-0.15, -0.1) is 4.83 Å². The van der Waals surface area contributed by atoms with Crippen LogP contribution in [0.15, 0.2) is 17.0 Å². The number of hydrogen-bond donors (Lipinski definition) is 2. The molecule has 0 aliphatic rings. The SMILES string of the molecule is NNS(=O)(=O)c1cc(Cl)cc(Cl)c1F. The summed E-state index contributed by atoms with van der Waals surface area (Å²) < 4.78 is 35.5. The summed E-state index contributed by atoms with van der Waals surface area (Å²) in [6, 6.07) is 2.01. The van der Waals surface area contributed by atoms with Crippen LogP contribution in [0.3, 0.4) is 0 Å². The third kappa shape index (κ3) is 2.15. The van der Waals surface area contributed by atoms with Gasteiger partial charge in [0, 0.05) is 5.02 Å². The predicted molar refractivity (Wildman–Crippen MR) is 50.9 cm³/mol. The summed E-state index contributed by atoms with van der Waals surface area (Å²) >= 11 is 10.9. The number of rotatable bonds is 2. The Morgan fingerprint density at radius 3 is 2.43 bits per heavy atom. The van der Waals surface area contributed by atoms with Crippen molar-refractivity contribution in [1.29, 1.82) is 0 Å². The zero-order valence-electron chi connectivity index (χ0n) is 6.59. The molecule has 0 atom stereocenters. The molecule has 1 aromatic carbocycles. The minimum Gasteiger partial charge on any atom is -0.257 e. The average molecular weight is 259 g/mol. The first kappa shape index (κ1) is 11.7. The van der Waals surface area contributed by atoms with Gasteiger partial charge >= 0.3 is 0 Å². The van der Waals surface area contributed by atoms with Gasteiger partial charge in [-0.2, -0.15) is 0 Å². The number of hydrazine groups is 1. The van der Waals surface area contributed by atoms with Crippen molar-refractivity contribution in [3.8, 4) is 0 Å². The Balaban J connectivity index is 3.50. The Morgan fingerprint density at radius 2 is 1.93 bits per heavy atom. The van der Waals surface area contributed by atoms with Crippen molar-refractivity contribution in [1.82, 2.24) is 4.83 Å². The summed E-state index contributed by atoms with van der Waals surface area (Å²) in [5.74, 6) is 3.63. The maximum Gasteiger partial charge on any atom is 0.256 e. The van der Waals surface area contributed by atoms with Gasteiger partial charge in [-0.3, -0.25) is 5.84 Å². The molecule has 0 unspecified atom stereocenters. The lowest BCUT2D eigenvalue weighted by atomic mass is 10.3. The van der Waals surface area contributed by atoms with E-state index >= 15 is 0 Å². The van der Waals surface area contributed by atoms with E-state index in [1.54, 1.807) is 0 Å². The van der Waals surface area contributed by atoms with E-state index in [4.69, 9.17) is 29.0 Å². The van der Waals surface area contributed by atoms with Gasteiger partial charge in [-0.25, -0.2) is 12.8 Å². The van der Waals surface area contributed by atoms with Crippen molar-refractivity contribution >= 4 is 33.2 Å². The Morgan fingerprint density at radius 1 is 1.36 bits per heavy atom. The molecule has 0 spiro atoms. The molecule has 0 aliphatic carbocycles. The maximum atomic E-state index is 13.2. The smallest absolute Gasteiger partial charge is 0.256 e. The van der Waals surface area contributed by atoms with Gasteiger partial charge in [0.1, 0.15) is 4.90 Å². The Hall–Kier alpha value is -0.400. The van der Waals surface area contributed by atoms with E-state index in [1.807, 2.05) is 0 Å². The minimum absolute atomic E-state index is 0.00484. The van der Waals surface area contributed by atoms with Crippen LogP contribution in [0.5, 0.6) is 0 Å². The maximum absolute atomic E-state index is 13.2. The van der Waals surface area contributed by atoms with Crippen LogP contribution in [-0.2, 0) is 10.0 Å². The van der Waals surface area contributed by atoms with E-state index in [0.29, 0.717) is 0 Å². The summed E-state index contributed by atoms with van der Waals surface area (Å²) in [5, 5.41) is -0.378. The molecule has 8 heteroatoms. The van der Waals surface area contributed by atoms with Gasteiger partial charge in [0.25, 0.3) is 10.0 Å². The van der Waals surface area contributed by atoms with Crippen LogP contribution in [0.25, 0.3) is 0 Å². The summed E-state index contributed by atoms with van der Waals surface area (Å²) in [7, 11) is -4.09. The fraction of sp³-hybridized carbons (Fsp3) is 0. The number of nitrogens with two attached hydrogens (primary N) is 1. The molecule has 0 aromatic heterocycles. The lowest BCUT2D eigenvalue weighted by molar-refractivity contribution is 0.559. The quantitative estimate of drug-likeness (QED) is 0.477. The summed E-state index contributed by atoms with van der Waals surface area (Å²) in [5.41, 5.74) is 0. The van der Waals surface area contributed by atoms with Crippen LogP contribution in [0.1, 0.15) is 0 Å². The molecule has 0 saturated heterocycles. The van der Waals surface area contributed by atoms with Crippen LogP contribution in [0.4, 0.5) is 4.39 Å². The molecule has 0 aliphatic heterocycles. The fourth-order valence-electron chi connectivity index (χ4n) is 0.791. The summed E-state index contributed by atoms with van der Waals surface area (Å²) in [6.07, 6.45) is 0. The number of hydrogen-bond acceptors (Lipinski definition) is 3. The predicted octanol–water partition coefficient (Wildman–Crippen LogP) is 1.28. The van der Waals surface area contributed by atoms with Gasteiger partial charge in [-0.1, -0.05) is 23.2 Å². The molecule has 1 aromatic rings. The number of sulfonamides is 1. The van der Waals surface area contributed by atoms with Crippen LogP contribution < -0.4 is 10.7 Å². The van der Waals surface area contributed by atoms with Crippen molar-refractivity contribution < 1.29 is 12.8 Å². The molecule has 0 amide bonds. The third-order valence-electron chi connectivity index (χ3n) is 1.40. The summed E-state index contributed by atoms with van der Waals surface area (Å²) in [4.78, 5) is 0.785. The first-order valence-electron chi connectivity index (χ1n) is 3.25.